The molecule has 2 fully saturated rings. The van der Waals surface area contributed by atoms with Crippen LogP contribution in [0.4, 0.5) is 11.4 Å². The number of amides is 2. The number of hydrogen-bond acceptors (Lipinski definition) is 5. The van der Waals surface area contributed by atoms with E-state index < -0.39 is 15.9 Å². The second-order valence-electron chi connectivity index (χ2n) is 7.62. The smallest absolute Gasteiger partial charge is 0.259 e. The molecule has 2 aromatic rings. The van der Waals surface area contributed by atoms with E-state index in [0.717, 1.165) is 24.9 Å². The maximum atomic E-state index is 12.9. The Morgan fingerprint density at radius 3 is 2.32 bits per heavy atom. The number of nitrogens with one attached hydrogen (secondary N) is 1. The summed E-state index contributed by atoms with van der Waals surface area (Å²) in [4.78, 5) is 26.6. The Hall–Kier alpha value is -2.91. The first kappa shape index (κ1) is 21.3. The number of sulfonamides is 1. The fourth-order valence-corrected chi connectivity index (χ4v) is 5.49. The van der Waals surface area contributed by atoms with E-state index in [4.69, 9.17) is 4.74 Å². The molecule has 1 N–H and O–H groups in total. The van der Waals surface area contributed by atoms with Gasteiger partial charge < -0.3 is 15.0 Å². The van der Waals surface area contributed by atoms with Crippen molar-refractivity contribution in [2.45, 2.75) is 30.6 Å². The minimum Gasteiger partial charge on any atom is -0.496 e. The Labute approximate surface area is 181 Å². The predicted octanol–water partition coefficient (Wildman–Crippen LogP) is 2.86. The van der Waals surface area contributed by atoms with Gasteiger partial charge in [0.05, 0.1) is 17.6 Å². The number of nitrogens with zero attached hydrogens (tertiary/aromatic N) is 2. The van der Waals surface area contributed by atoms with Crippen molar-refractivity contribution in [1.82, 2.24) is 4.31 Å². The Morgan fingerprint density at radius 2 is 1.71 bits per heavy atom. The van der Waals surface area contributed by atoms with E-state index in [2.05, 4.69) is 5.32 Å². The quantitative estimate of drug-likeness (QED) is 0.741. The van der Waals surface area contributed by atoms with Crippen molar-refractivity contribution < 1.29 is 22.7 Å². The summed E-state index contributed by atoms with van der Waals surface area (Å²) in [5, 5.41) is 2.78. The van der Waals surface area contributed by atoms with Crippen LogP contribution in [0.15, 0.2) is 47.4 Å². The molecular formula is C22H25N3O5S. The fourth-order valence-electron chi connectivity index (χ4n) is 3.95. The first-order valence-electron chi connectivity index (χ1n) is 10.3. The molecule has 0 aromatic heterocycles. The molecule has 0 aliphatic carbocycles. The van der Waals surface area contributed by atoms with Crippen LogP contribution in [0.1, 0.15) is 36.0 Å². The van der Waals surface area contributed by atoms with Crippen molar-refractivity contribution in [3.63, 3.8) is 0 Å². The van der Waals surface area contributed by atoms with Crippen molar-refractivity contribution in [1.29, 1.82) is 0 Å². The largest absolute Gasteiger partial charge is 0.496 e. The molecule has 31 heavy (non-hydrogen) atoms. The van der Waals surface area contributed by atoms with Crippen molar-refractivity contribution in [2.24, 2.45) is 0 Å². The number of hydrogen-bond donors (Lipinski definition) is 1. The number of carbonyl (C=O) groups excluding carboxylic acids is 2. The number of rotatable bonds is 6. The lowest BCUT2D eigenvalue weighted by molar-refractivity contribution is -0.117. The second kappa shape index (κ2) is 8.68. The highest BCUT2D eigenvalue weighted by Gasteiger charge is 2.29. The summed E-state index contributed by atoms with van der Waals surface area (Å²) in [6.45, 7) is 1.67. The van der Waals surface area contributed by atoms with E-state index in [-0.39, 0.29) is 22.1 Å². The average Bonchev–Trinajstić information content (AvgIpc) is 3.46. The number of anilines is 2. The summed E-state index contributed by atoms with van der Waals surface area (Å²) in [6, 6.07) is 11.3. The van der Waals surface area contributed by atoms with Crippen LogP contribution in [0.2, 0.25) is 0 Å². The zero-order valence-electron chi connectivity index (χ0n) is 17.3. The lowest BCUT2D eigenvalue weighted by atomic mass is 10.1. The minimum atomic E-state index is -3.65. The normalized spacial score (nSPS) is 17.2. The van der Waals surface area contributed by atoms with E-state index in [9.17, 15) is 18.0 Å². The Morgan fingerprint density at radius 1 is 1.00 bits per heavy atom. The number of methoxy groups -OCH3 is 1. The number of benzene rings is 2. The van der Waals surface area contributed by atoms with Crippen LogP contribution >= 0.6 is 0 Å². The first-order valence-corrected chi connectivity index (χ1v) is 11.7. The number of carbonyl (C=O) groups is 2. The fraction of sp³-hybridized carbons (Fsp3) is 0.364. The summed E-state index contributed by atoms with van der Waals surface area (Å²) in [5.74, 6) is -0.0879. The molecule has 4 rings (SSSR count). The minimum absolute atomic E-state index is 0.0724. The van der Waals surface area contributed by atoms with Gasteiger partial charge in [-0.15, -0.1) is 0 Å². The molecule has 2 aliphatic rings. The summed E-state index contributed by atoms with van der Waals surface area (Å²) >= 11 is 0. The monoisotopic (exact) mass is 443 g/mol. The molecule has 2 amide bonds. The third-order valence-electron chi connectivity index (χ3n) is 5.63. The third-order valence-corrected chi connectivity index (χ3v) is 7.52. The van der Waals surface area contributed by atoms with E-state index in [1.54, 1.807) is 29.2 Å². The zero-order valence-corrected chi connectivity index (χ0v) is 18.2. The Kier molecular flexibility index (Phi) is 5.97. The van der Waals surface area contributed by atoms with Crippen molar-refractivity contribution in [3.8, 4) is 5.75 Å². The van der Waals surface area contributed by atoms with E-state index in [0.29, 0.717) is 31.7 Å². The predicted molar refractivity (Wildman–Crippen MR) is 117 cm³/mol. The number of ether oxygens (including phenoxy) is 1. The Balaban J connectivity index is 1.55. The Bertz CT molecular complexity index is 1090. The van der Waals surface area contributed by atoms with E-state index in [1.165, 1.54) is 29.6 Å². The van der Waals surface area contributed by atoms with Crippen molar-refractivity contribution in [2.75, 3.05) is 37.0 Å². The van der Waals surface area contributed by atoms with Gasteiger partial charge in [-0.2, -0.15) is 4.31 Å². The molecule has 0 bridgehead atoms. The summed E-state index contributed by atoms with van der Waals surface area (Å²) < 4.78 is 32.5. The highest BCUT2D eigenvalue weighted by molar-refractivity contribution is 7.89. The highest BCUT2D eigenvalue weighted by Crippen LogP contribution is 2.28. The maximum Gasteiger partial charge on any atom is 0.259 e. The standard InChI is InChI=1S/C22H25N3O5S/c1-30-20-11-10-18(31(28,29)24-12-2-3-13-24)15-19(20)22(27)23-16-6-8-17(9-7-16)25-14-4-5-21(25)26/h6-11,15H,2-5,12-14H2,1H3,(H,23,27). The van der Waals surface area contributed by atoms with E-state index in [1.807, 2.05) is 0 Å². The maximum absolute atomic E-state index is 12.9. The van der Waals surface area contributed by atoms with Crippen molar-refractivity contribution >= 4 is 33.2 Å². The molecule has 0 radical (unpaired) electrons. The van der Waals surface area contributed by atoms with Crippen molar-refractivity contribution in [3.05, 3.63) is 48.0 Å². The van der Waals surface area contributed by atoms with Gasteiger partial charge in [0.1, 0.15) is 5.75 Å². The molecule has 0 spiro atoms. The van der Waals surface area contributed by atoms with Crippen LogP contribution in [-0.4, -0.2) is 51.3 Å². The van der Waals surface area contributed by atoms with Crippen LogP contribution in [0.3, 0.4) is 0 Å². The van der Waals surface area contributed by atoms with Gasteiger partial charge in [0.2, 0.25) is 15.9 Å². The highest BCUT2D eigenvalue weighted by atomic mass is 32.2. The van der Waals surface area contributed by atoms with Gasteiger partial charge in [0.25, 0.3) is 5.91 Å². The van der Waals surface area contributed by atoms with Gasteiger partial charge >= 0.3 is 0 Å². The third kappa shape index (κ3) is 4.28. The van der Waals surface area contributed by atoms with Gasteiger partial charge in [-0.05, 0) is 61.7 Å². The summed E-state index contributed by atoms with van der Waals surface area (Å²) in [5.41, 5.74) is 1.47. The molecule has 8 nitrogen and oxygen atoms in total. The molecule has 0 saturated carbocycles. The molecule has 9 heteroatoms. The molecule has 0 unspecified atom stereocenters. The van der Waals surface area contributed by atoms with Gasteiger partial charge in [0, 0.05) is 37.4 Å². The average molecular weight is 444 g/mol. The molecule has 164 valence electrons. The molecule has 2 aliphatic heterocycles. The van der Waals surface area contributed by atoms with Gasteiger partial charge in [-0.3, -0.25) is 9.59 Å². The zero-order chi connectivity index (χ0) is 22.0. The van der Waals surface area contributed by atoms with Crippen LogP contribution in [0, 0.1) is 0 Å². The molecule has 2 aromatic carbocycles. The van der Waals surface area contributed by atoms with Gasteiger partial charge in [-0.1, -0.05) is 0 Å². The first-order chi connectivity index (χ1) is 14.9. The van der Waals surface area contributed by atoms with Crippen LogP contribution in [0.25, 0.3) is 0 Å². The topological polar surface area (TPSA) is 96.0 Å². The molecular weight excluding hydrogens is 418 g/mol. The molecule has 2 saturated heterocycles. The van der Waals surface area contributed by atoms with Gasteiger partial charge in [0.15, 0.2) is 0 Å². The molecule has 0 atom stereocenters. The lowest BCUT2D eigenvalue weighted by Gasteiger charge is -2.18. The molecule has 2 heterocycles. The van der Waals surface area contributed by atoms with E-state index >= 15 is 0 Å². The van der Waals surface area contributed by atoms with Crippen LogP contribution in [-0.2, 0) is 14.8 Å². The second-order valence-corrected chi connectivity index (χ2v) is 9.56. The lowest BCUT2D eigenvalue weighted by Crippen LogP contribution is -2.28. The summed E-state index contributed by atoms with van der Waals surface area (Å²) in [7, 11) is -2.22. The van der Waals surface area contributed by atoms with Crippen LogP contribution < -0.4 is 15.0 Å². The van der Waals surface area contributed by atoms with Gasteiger partial charge in [-0.25, -0.2) is 8.42 Å². The van der Waals surface area contributed by atoms with Crippen LogP contribution in [0.5, 0.6) is 5.75 Å². The SMILES string of the molecule is COc1ccc(S(=O)(=O)N2CCCC2)cc1C(=O)Nc1ccc(N2CCCC2=O)cc1. The summed E-state index contributed by atoms with van der Waals surface area (Å²) in [6.07, 6.45) is 3.06.